The van der Waals surface area contributed by atoms with E-state index in [2.05, 4.69) is 4.74 Å². The molecular formula is C13H15F3O3. The van der Waals surface area contributed by atoms with Gasteiger partial charge in [0, 0.05) is 18.4 Å². The van der Waals surface area contributed by atoms with Gasteiger partial charge in [-0.1, -0.05) is 0 Å². The van der Waals surface area contributed by atoms with Crippen molar-refractivity contribution in [1.82, 2.24) is 0 Å². The number of hydrogen-bond donors (Lipinski definition) is 1. The molecule has 3 nitrogen and oxygen atoms in total. The molecule has 19 heavy (non-hydrogen) atoms. The minimum Gasteiger partial charge on any atom is -0.494 e. The molecule has 0 fully saturated rings. The quantitative estimate of drug-likeness (QED) is 0.774. The van der Waals surface area contributed by atoms with E-state index >= 15 is 0 Å². The Bertz CT molecular complexity index is 447. The van der Waals surface area contributed by atoms with E-state index in [-0.39, 0.29) is 25.0 Å². The molecule has 106 valence electrons. The van der Waals surface area contributed by atoms with Crippen molar-refractivity contribution in [2.75, 3.05) is 7.11 Å². The molecule has 0 bridgehead atoms. The van der Waals surface area contributed by atoms with Crippen molar-refractivity contribution in [1.29, 1.82) is 0 Å². The van der Waals surface area contributed by atoms with Crippen molar-refractivity contribution in [3.8, 4) is 5.75 Å². The molecule has 0 aromatic heterocycles. The van der Waals surface area contributed by atoms with Crippen molar-refractivity contribution in [3.63, 3.8) is 0 Å². The van der Waals surface area contributed by atoms with Crippen LogP contribution in [0.15, 0.2) is 18.2 Å². The number of benzene rings is 1. The zero-order valence-electron chi connectivity index (χ0n) is 10.5. The van der Waals surface area contributed by atoms with Crippen LogP contribution in [0.3, 0.4) is 0 Å². The Morgan fingerprint density at radius 3 is 2.58 bits per heavy atom. The van der Waals surface area contributed by atoms with Crippen molar-refractivity contribution in [2.45, 2.75) is 31.6 Å². The number of hydrogen-bond acceptors (Lipinski definition) is 2. The Kier molecular flexibility index (Phi) is 5.20. The number of alkyl halides is 2. The molecule has 0 aliphatic carbocycles. The summed E-state index contributed by atoms with van der Waals surface area (Å²) in [4.78, 5) is 10.3. The molecule has 0 spiro atoms. The molecule has 0 saturated carbocycles. The molecule has 0 heterocycles. The van der Waals surface area contributed by atoms with Crippen molar-refractivity contribution in [2.24, 2.45) is 0 Å². The zero-order valence-corrected chi connectivity index (χ0v) is 10.5. The molecule has 0 unspecified atom stereocenters. The fraction of sp³-hybridized carbons (Fsp3) is 0.462. The summed E-state index contributed by atoms with van der Waals surface area (Å²) in [5, 5.41) is 8.40. The fourth-order valence-corrected chi connectivity index (χ4v) is 1.66. The van der Waals surface area contributed by atoms with Crippen LogP contribution in [0.25, 0.3) is 0 Å². The highest BCUT2D eigenvalue weighted by Crippen LogP contribution is 2.35. The third-order valence-corrected chi connectivity index (χ3v) is 2.71. The summed E-state index contributed by atoms with van der Waals surface area (Å²) in [7, 11) is 1.25. The molecule has 6 heteroatoms. The van der Waals surface area contributed by atoms with Gasteiger partial charge in [0.15, 0.2) is 11.6 Å². The smallest absolute Gasteiger partial charge is 0.303 e. The van der Waals surface area contributed by atoms with E-state index in [1.54, 1.807) is 0 Å². The molecule has 1 aromatic carbocycles. The standard InChI is InChI=1S/C13H15F3O3/c1-19-11-6-5-9(8-10(11)14)13(15,16)7-3-2-4-12(17)18/h5-6,8H,2-4,7H2,1H3,(H,17,18). The fourth-order valence-electron chi connectivity index (χ4n) is 1.66. The molecule has 0 saturated heterocycles. The Morgan fingerprint density at radius 2 is 2.05 bits per heavy atom. The van der Waals surface area contributed by atoms with Gasteiger partial charge in [-0.15, -0.1) is 0 Å². The lowest BCUT2D eigenvalue weighted by molar-refractivity contribution is -0.137. The molecule has 0 amide bonds. The normalized spacial score (nSPS) is 11.4. The number of carboxylic acid groups (broad SMARTS) is 1. The van der Waals surface area contributed by atoms with Crippen LogP contribution in [0.1, 0.15) is 31.2 Å². The number of methoxy groups -OCH3 is 1. The van der Waals surface area contributed by atoms with Gasteiger partial charge in [-0.05, 0) is 31.0 Å². The second-order valence-electron chi connectivity index (χ2n) is 4.15. The van der Waals surface area contributed by atoms with Crippen LogP contribution in [-0.2, 0) is 10.7 Å². The van der Waals surface area contributed by atoms with Gasteiger partial charge in [0.05, 0.1) is 7.11 Å². The molecule has 0 aliphatic heterocycles. The third kappa shape index (κ3) is 4.46. The summed E-state index contributed by atoms with van der Waals surface area (Å²) in [5.41, 5.74) is -0.430. The van der Waals surface area contributed by atoms with Gasteiger partial charge in [-0.3, -0.25) is 4.79 Å². The van der Waals surface area contributed by atoms with Crippen LogP contribution in [-0.4, -0.2) is 18.2 Å². The lowest BCUT2D eigenvalue weighted by Gasteiger charge is -2.17. The highest BCUT2D eigenvalue weighted by molar-refractivity contribution is 5.66. The Balaban J connectivity index is 2.66. The molecule has 0 aliphatic rings. The van der Waals surface area contributed by atoms with E-state index in [4.69, 9.17) is 5.11 Å². The topological polar surface area (TPSA) is 46.5 Å². The maximum absolute atomic E-state index is 13.7. The number of aliphatic carboxylic acids is 1. The second kappa shape index (κ2) is 6.45. The number of carboxylic acids is 1. The van der Waals surface area contributed by atoms with Crippen LogP contribution in [0.2, 0.25) is 0 Å². The van der Waals surface area contributed by atoms with Gasteiger partial charge in [0.1, 0.15) is 0 Å². The minimum absolute atomic E-state index is 0.0624. The predicted octanol–water partition coefficient (Wildman–Crippen LogP) is 3.57. The summed E-state index contributed by atoms with van der Waals surface area (Å²) >= 11 is 0. The number of rotatable bonds is 7. The first kappa shape index (κ1) is 15.3. The van der Waals surface area contributed by atoms with Gasteiger partial charge in [-0.2, -0.15) is 0 Å². The maximum Gasteiger partial charge on any atom is 0.303 e. The monoisotopic (exact) mass is 276 g/mol. The summed E-state index contributed by atoms with van der Waals surface area (Å²) in [5.74, 6) is -5.12. The second-order valence-corrected chi connectivity index (χ2v) is 4.15. The van der Waals surface area contributed by atoms with Gasteiger partial charge < -0.3 is 9.84 Å². The Hall–Kier alpha value is -1.72. The first-order valence-electron chi connectivity index (χ1n) is 5.80. The first-order valence-corrected chi connectivity index (χ1v) is 5.80. The van der Waals surface area contributed by atoms with E-state index in [0.29, 0.717) is 0 Å². The molecule has 1 aromatic rings. The van der Waals surface area contributed by atoms with E-state index in [1.165, 1.54) is 7.11 Å². The number of halogens is 3. The van der Waals surface area contributed by atoms with Crippen molar-refractivity contribution in [3.05, 3.63) is 29.6 Å². The Labute approximate surface area is 109 Å². The number of ether oxygens (including phenoxy) is 1. The highest BCUT2D eigenvalue weighted by Gasteiger charge is 2.31. The molecule has 0 radical (unpaired) electrons. The summed E-state index contributed by atoms with van der Waals surface area (Å²) < 4.78 is 45.5. The zero-order chi connectivity index (χ0) is 14.5. The maximum atomic E-state index is 13.7. The molecule has 1 rings (SSSR count). The van der Waals surface area contributed by atoms with Crippen LogP contribution in [0.4, 0.5) is 13.2 Å². The minimum atomic E-state index is -3.17. The van der Waals surface area contributed by atoms with Crippen LogP contribution in [0, 0.1) is 5.82 Å². The molecule has 1 N–H and O–H groups in total. The number of unbranched alkanes of at least 4 members (excludes halogenated alkanes) is 1. The summed E-state index contributed by atoms with van der Waals surface area (Å²) in [6, 6.07) is 3.00. The van der Waals surface area contributed by atoms with E-state index < -0.39 is 29.7 Å². The average Bonchev–Trinajstić information content (AvgIpc) is 2.34. The number of carbonyl (C=O) groups is 1. The van der Waals surface area contributed by atoms with Crippen molar-refractivity contribution < 1.29 is 27.8 Å². The molecule has 0 atom stereocenters. The van der Waals surface area contributed by atoms with Crippen LogP contribution in [0.5, 0.6) is 5.75 Å². The predicted molar refractivity (Wildman–Crippen MR) is 62.9 cm³/mol. The summed E-state index contributed by atoms with van der Waals surface area (Å²) in [6.07, 6.45) is -0.421. The lowest BCUT2D eigenvalue weighted by Crippen LogP contribution is -2.14. The van der Waals surface area contributed by atoms with Crippen LogP contribution < -0.4 is 4.74 Å². The molecular weight excluding hydrogens is 261 g/mol. The van der Waals surface area contributed by atoms with Gasteiger partial charge in [0.2, 0.25) is 0 Å². The highest BCUT2D eigenvalue weighted by atomic mass is 19.3. The van der Waals surface area contributed by atoms with Crippen molar-refractivity contribution >= 4 is 5.97 Å². The largest absolute Gasteiger partial charge is 0.494 e. The van der Waals surface area contributed by atoms with E-state index in [1.807, 2.05) is 0 Å². The van der Waals surface area contributed by atoms with E-state index in [9.17, 15) is 18.0 Å². The van der Waals surface area contributed by atoms with Gasteiger partial charge in [0.25, 0.3) is 5.92 Å². The van der Waals surface area contributed by atoms with Gasteiger partial charge in [-0.25, -0.2) is 13.2 Å². The lowest BCUT2D eigenvalue weighted by atomic mass is 10.0. The van der Waals surface area contributed by atoms with Gasteiger partial charge >= 0.3 is 5.97 Å². The Morgan fingerprint density at radius 1 is 1.37 bits per heavy atom. The SMILES string of the molecule is COc1ccc(C(F)(F)CCCCC(=O)O)cc1F. The average molecular weight is 276 g/mol. The first-order chi connectivity index (χ1) is 8.86. The summed E-state index contributed by atoms with van der Waals surface area (Å²) in [6.45, 7) is 0. The van der Waals surface area contributed by atoms with E-state index in [0.717, 1.165) is 18.2 Å². The van der Waals surface area contributed by atoms with Crippen LogP contribution >= 0.6 is 0 Å². The third-order valence-electron chi connectivity index (χ3n) is 2.71.